The van der Waals surface area contributed by atoms with Gasteiger partial charge in [-0.2, -0.15) is 0 Å². The van der Waals surface area contributed by atoms with Crippen LogP contribution in [0.1, 0.15) is 55.4 Å². The second kappa shape index (κ2) is 11.6. The predicted octanol–water partition coefficient (Wildman–Crippen LogP) is 3.52. The van der Waals surface area contributed by atoms with Gasteiger partial charge in [-0.05, 0) is 50.3 Å². The molecule has 1 heterocycles. The molecule has 2 N–H and O–H groups in total. The van der Waals surface area contributed by atoms with Gasteiger partial charge in [0.25, 0.3) is 0 Å². The van der Waals surface area contributed by atoms with Crippen molar-refractivity contribution in [2.45, 2.75) is 51.5 Å². The lowest BCUT2D eigenvalue weighted by molar-refractivity contribution is 0.0589. The third-order valence-corrected chi connectivity index (χ3v) is 4.63. The highest BCUT2D eigenvalue weighted by molar-refractivity contribution is 5.96. The largest absolute Gasteiger partial charge is 0.494 e. The van der Waals surface area contributed by atoms with Crippen LogP contribution in [0.4, 0.5) is 0 Å². The number of aromatic nitrogens is 1. The summed E-state index contributed by atoms with van der Waals surface area (Å²) in [7, 11) is 1.40. The van der Waals surface area contributed by atoms with Gasteiger partial charge in [-0.25, -0.2) is 4.79 Å². The zero-order chi connectivity index (χ0) is 19.5. The molecule has 1 aromatic carbocycles. The summed E-state index contributed by atoms with van der Waals surface area (Å²) in [6, 6.07) is 7.72. The van der Waals surface area contributed by atoms with Crippen LogP contribution in [-0.2, 0) is 11.3 Å². The van der Waals surface area contributed by atoms with E-state index in [1.807, 2.05) is 28.8 Å². The van der Waals surface area contributed by atoms with E-state index in [4.69, 9.17) is 19.7 Å². The fourth-order valence-electron chi connectivity index (χ4n) is 3.15. The monoisotopic (exact) mass is 377 g/mol. The Kier molecular flexibility index (Phi) is 9.15. The van der Waals surface area contributed by atoms with Crippen LogP contribution in [0.5, 0.6) is 5.75 Å². The minimum absolute atomic E-state index is 0.216. The van der Waals surface area contributed by atoms with Crippen LogP contribution < -0.4 is 4.74 Å². The zero-order valence-electron chi connectivity index (χ0n) is 16.2. The summed E-state index contributed by atoms with van der Waals surface area (Å²) in [5.41, 5.74) is 1.51. The molecule has 0 unspecified atom stereocenters. The number of methoxy groups -OCH3 is 1. The van der Waals surface area contributed by atoms with E-state index in [0.29, 0.717) is 12.3 Å². The van der Waals surface area contributed by atoms with E-state index < -0.39 is 0 Å². The maximum atomic E-state index is 12.2. The van der Waals surface area contributed by atoms with E-state index in [0.717, 1.165) is 68.1 Å². The molecular formula is C21H31NO5. The second-order valence-electron chi connectivity index (χ2n) is 6.66. The lowest BCUT2D eigenvalue weighted by Crippen LogP contribution is -2.10. The minimum Gasteiger partial charge on any atom is -0.494 e. The van der Waals surface area contributed by atoms with E-state index >= 15 is 0 Å². The number of aryl methyl sites for hydroxylation is 1. The maximum Gasteiger partial charge on any atom is 0.354 e. The summed E-state index contributed by atoms with van der Waals surface area (Å²) in [6.45, 7) is 1.77. The van der Waals surface area contributed by atoms with Crippen molar-refractivity contribution >= 4 is 16.9 Å². The normalized spacial score (nSPS) is 11.1. The molecule has 1 aromatic heterocycles. The number of unbranched alkanes of at least 4 members (excludes halogenated alkanes) is 5. The Hall–Kier alpha value is -2.05. The fourth-order valence-corrected chi connectivity index (χ4v) is 3.15. The van der Waals surface area contributed by atoms with E-state index in [1.165, 1.54) is 7.11 Å². The number of carbonyl (C=O) groups is 1. The number of esters is 1. The molecule has 6 nitrogen and oxygen atoms in total. The smallest absolute Gasteiger partial charge is 0.354 e. The van der Waals surface area contributed by atoms with Gasteiger partial charge in [-0.1, -0.05) is 12.8 Å². The van der Waals surface area contributed by atoms with Crippen molar-refractivity contribution in [2.75, 3.05) is 26.9 Å². The summed E-state index contributed by atoms with van der Waals surface area (Å²) in [4.78, 5) is 12.2. The van der Waals surface area contributed by atoms with Crippen molar-refractivity contribution in [1.82, 2.24) is 4.57 Å². The molecule has 0 fully saturated rings. The van der Waals surface area contributed by atoms with Gasteiger partial charge in [0.15, 0.2) is 0 Å². The molecule has 0 saturated carbocycles. The third kappa shape index (κ3) is 6.26. The molecule has 2 rings (SSSR count). The van der Waals surface area contributed by atoms with E-state index in [-0.39, 0.29) is 19.2 Å². The fraction of sp³-hybridized carbons (Fsp3) is 0.571. The number of hydrogen-bond acceptors (Lipinski definition) is 5. The van der Waals surface area contributed by atoms with E-state index in [1.54, 1.807) is 0 Å². The first-order valence-corrected chi connectivity index (χ1v) is 9.77. The van der Waals surface area contributed by atoms with Crippen molar-refractivity contribution in [3.8, 4) is 5.75 Å². The van der Waals surface area contributed by atoms with Crippen LogP contribution >= 0.6 is 0 Å². The number of aliphatic hydroxyl groups is 2. The average molecular weight is 377 g/mol. The average Bonchev–Trinajstić information content (AvgIpc) is 3.05. The first kappa shape index (κ1) is 21.3. The molecule has 0 aliphatic heterocycles. The van der Waals surface area contributed by atoms with Gasteiger partial charge in [0.2, 0.25) is 0 Å². The standard InChI is InChI=1S/C21H31NO5/c1-26-21(25)20-15-17-9-10-18(27-14-8-4-7-13-24)16-19(17)22(20)11-5-2-3-6-12-23/h9-10,15-16,23-24H,2-8,11-14H2,1H3. The number of rotatable bonds is 13. The number of nitrogens with zero attached hydrogens (tertiary/aromatic N) is 1. The first-order valence-electron chi connectivity index (χ1n) is 9.77. The Balaban J connectivity index is 2.12. The van der Waals surface area contributed by atoms with Crippen LogP contribution in [-0.4, -0.2) is 47.7 Å². The molecule has 2 aromatic rings. The number of hydrogen-bond donors (Lipinski definition) is 2. The molecule has 27 heavy (non-hydrogen) atoms. The topological polar surface area (TPSA) is 80.9 Å². The highest BCUT2D eigenvalue weighted by atomic mass is 16.5. The number of aliphatic hydroxyl groups excluding tert-OH is 2. The van der Waals surface area contributed by atoms with Gasteiger partial charge in [0.05, 0.1) is 19.2 Å². The highest BCUT2D eigenvalue weighted by Crippen LogP contribution is 2.26. The molecular weight excluding hydrogens is 346 g/mol. The van der Waals surface area contributed by atoms with Crippen LogP contribution in [0.25, 0.3) is 10.9 Å². The van der Waals surface area contributed by atoms with Crippen LogP contribution in [0, 0.1) is 0 Å². The predicted molar refractivity (Wildman–Crippen MR) is 105 cm³/mol. The Labute approximate surface area is 160 Å². The molecule has 0 aliphatic carbocycles. The number of carbonyl (C=O) groups excluding carboxylic acids is 1. The second-order valence-corrected chi connectivity index (χ2v) is 6.66. The third-order valence-electron chi connectivity index (χ3n) is 4.63. The van der Waals surface area contributed by atoms with Gasteiger partial charge < -0.3 is 24.3 Å². The van der Waals surface area contributed by atoms with Crippen LogP contribution in [0.2, 0.25) is 0 Å². The molecule has 0 spiro atoms. The van der Waals surface area contributed by atoms with Gasteiger partial charge in [0.1, 0.15) is 11.4 Å². The van der Waals surface area contributed by atoms with Gasteiger partial charge in [-0.3, -0.25) is 0 Å². The lowest BCUT2D eigenvalue weighted by Gasteiger charge is -2.11. The molecule has 0 aliphatic rings. The van der Waals surface area contributed by atoms with E-state index in [2.05, 4.69) is 0 Å². The highest BCUT2D eigenvalue weighted by Gasteiger charge is 2.16. The Morgan fingerprint density at radius 3 is 2.37 bits per heavy atom. The maximum absolute atomic E-state index is 12.2. The number of fused-ring (bicyclic) bond motifs is 1. The summed E-state index contributed by atoms with van der Waals surface area (Å²) in [5, 5.41) is 18.7. The number of ether oxygens (including phenoxy) is 2. The Morgan fingerprint density at radius 2 is 1.67 bits per heavy atom. The van der Waals surface area contributed by atoms with Gasteiger partial charge >= 0.3 is 5.97 Å². The number of benzene rings is 1. The summed E-state index contributed by atoms with van der Waals surface area (Å²) >= 11 is 0. The molecule has 6 heteroatoms. The molecule has 0 radical (unpaired) electrons. The van der Waals surface area contributed by atoms with Crippen molar-refractivity contribution in [1.29, 1.82) is 0 Å². The molecule has 0 atom stereocenters. The minimum atomic E-state index is -0.340. The van der Waals surface area contributed by atoms with Crippen molar-refractivity contribution in [3.63, 3.8) is 0 Å². The van der Waals surface area contributed by atoms with Gasteiger partial charge in [0, 0.05) is 31.2 Å². The van der Waals surface area contributed by atoms with Gasteiger partial charge in [-0.15, -0.1) is 0 Å². The van der Waals surface area contributed by atoms with Crippen molar-refractivity contribution in [2.24, 2.45) is 0 Å². The molecule has 0 saturated heterocycles. The van der Waals surface area contributed by atoms with Crippen LogP contribution in [0.3, 0.4) is 0 Å². The van der Waals surface area contributed by atoms with Crippen molar-refractivity contribution in [3.05, 3.63) is 30.0 Å². The molecule has 150 valence electrons. The molecule has 0 amide bonds. The first-order chi connectivity index (χ1) is 13.2. The van der Waals surface area contributed by atoms with E-state index in [9.17, 15) is 4.79 Å². The summed E-state index contributed by atoms with van der Waals surface area (Å²) in [6.07, 6.45) is 6.36. The lowest BCUT2D eigenvalue weighted by atomic mass is 10.2. The zero-order valence-corrected chi connectivity index (χ0v) is 16.2. The van der Waals surface area contributed by atoms with Crippen LogP contribution in [0.15, 0.2) is 24.3 Å². The Bertz CT molecular complexity index is 710. The SMILES string of the molecule is COC(=O)c1cc2ccc(OCCCCCO)cc2n1CCCCCCO. The Morgan fingerprint density at radius 1 is 0.963 bits per heavy atom. The summed E-state index contributed by atoms with van der Waals surface area (Å²) < 4.78 is 12.8. The molecule has 0 bridgehead atoms. The summed E-state index contributed by atoms with van der Waals surface area (Å²) in [5.74, 6) is 0.440. The quantitative estimate of drug-likeness (QED) is 0.412. The van der Waals surface area contributed by atoms with Crippen molar-refractivity contribution < 1.29 is 24.5 Å².